The number of pyridine rings is 1. The van der Waals surface area contributed by atoms with Gasteiger partial charge in [0.25, 0.3) is 5.91 Å². The number of ether oxygens (including phenoxy) is 3. The van der Waals surface area contributed by atoms with Crippen LogP contribution in [-0.2, 0) is 9.47 Å². The molecule has 1 unspecified atom stereocenters. The number of fused-ring (bicyclic) bond motifs is 1. The predicted molar refractivity (Wildman–Crippen MR) is 110 cm³/mol. The highest BCUT2D eigenvalue weighted by Crippen LogP contribution is 2.42. The first-order chi connectivity index (χ1) is 14.7. The van der Waals surface area contributed by atoms with Gasteiger partial charge in [0.2, 0.25) is 0 Å². The number of benzene rings is 1. The number of rotatable bonds is 8. The van der Waals surface area contributed by atoms with Crippen molar-refractivity contribution in [2.75, 3.05) is 27.4 Å². The molecule has 1 aromatic carbocycles. The summed E-state index contributed by atoms with van der Waals surface area (Å²) in [7, 11) is 3.10. The Balaban J connectivity index is 1.78. The first-order valence-electron chi connectivity index (χ1n) is 9.76. The number of hydrogen-bond donors (Lipinski definition) is 1. The highest BCUT2D eigenvalue weighted by molar-refractivity contribution is 6.00. The predicted octanol–water partition coefficient (Wildman–Crippen LogP) is 3.03. The third kappa shape index (κ3) is 3.55. The molecule has 8 heteroatoms. The fraction of sp³-hybridized carbons (Fsp3) is 0.318. The molecule has 0 bridgehead atoms. The molecule has 0 fully saturated rings. The van der Waals surface area contributed by atoms with E-state index in [2.05, 4.69) is 15.2 Å². The van der Waals surface area contributed by atoms with Crippen LogP contribution in [0.5, 0.6) is 5.75 Å². The molecule has 3 heterocycles. The van der Waals surface area contributed by atoms with E-state index in [0.717, 1.165) is 22.6 Å². The summed E-state index contributed by atoms with van der Waals surface area (Å²) in [6.45, 7) is 2.81. The molecule has 0 aliphatic carbocycles. The van der Waals surface area contributed by atoms with Crippen molar-refractivity contribution in [1.29, 1.82) is 0 Å². The van der Waals surface area contributed by atoms with Crippen molar-refractivity contribution in [3.63, 3.8) is 0 Å². The van der Waals surface area contributed by atoms with Crippen LogP contribution in [0.25, 0.3) is 11.3 Å². The molecule has 1 N–H and O–H groups in total. The summed E-state index contributed by atoms with van der Waals surface area (Å²) < 4.78 is 16.2. The fourth-order valence-corrected chi connectivity index (χ4v) is 3.73. The zero-order valence-electron chi connectivity index (χ0n) is 17.2. The van der Waals surface area contributed by atoms with Gasteiger partial charge in [0.15, 0.2) is 6.29 Å². The van der Waals surface area contributed by atoms with Gasteiger partial charge in [-0.1, -0.05) is 6.07 Å². The number of amides is 1. The number of aromatic nitrogens is 3. The molecule has 2 aromatic heterocycles. The summed E-state index contributed by atoms with van der Waals surface area (Å²) in [4.78, 5) is 19.5. The van der Waals surface area contributed by atoms with Gasteiger partial charge in [-0.15, -0.1) is 0 Å². The van der Waals surface area contributed by atoms with Gasteiger partial charge in [-0.25, -0.2) is 0 Å². The lowest BCUT2D eigenvalue weighted by Gasteiger charge is -2.28. The van der Waals surface area contributed by atoms with Crippen LogP contribution in [0.4, 0.5) is 0 Å². The maximum Gasteiger partial charge on any atom is 0.273 e. The van der Waals surface area contributed by atoms with Gasteiger partial charge in [-0.3, -0.25) is 14.9 Å². The van der Waals surface area contributed by atoms with Crippen molar-refractivity contribution < 1.29 is 19.0 Å². The minimum atomic E-state index is -0.550. The van der Waals surface area contributed by atoms with E-state index >= 15 is 0 Å². The number of nitrogens with one attached hydrogen (secondary N) is 1. The Morgan fingerprint density at radius 1 is 1.13 bits per heavy atom. The van der Waals surface area contributed by atoms with E-state index in [1.165, 1.54) is 0 Å². The van der Waals surface area contributed by atoms with E-state index in [1.807, 2.05) is 49.4 Å². The Bertz CT molecular complexity index is 1000. The number of methoxy groups -OCH3 is 2. The van der Waals surface area contributed by atoms with Gasteiger partial charge in [-0.2, -0.15) is 5.10 Å². The van der Waals surface area contributed by atoms with Crippen LogP contribution in [0.3, 0.4) is 0 Å². The Kier molecular flexibility index (Phi) is 5.78. The van der Waals surface area contributed by atoms with Crippen LogP contribution in [0.15, 0.2) is 48.7 Å². The molecule has 1 atom stereocenters. The lowest BCUT2D eigenvalue weighted by Crippen LogP contribution is -2.38. The van der Waals surface area contributed by atoms with Gasteiger partial charge < -0.3 is 19.1 Å². The molecule has 1 aliphatic heterocycles. The largest absolute Gasteiger partial charge is 0.494 e. The average Bonchev–Trinajstić information content (AvgIpc) is 3.32. The smallest absolute Gasteiger partial charge is 0.273 e. The van der Waals surface area contributed by atoms with Crippen LogP contribution in [0, 0.1) is 0 Å². The quantitative estimate of drug-likeness (QED) is 0.576. The summed E-state index contributed by atoms with van der Waals surface area (Å²) in [6.07, 6.45) is 1.17. The number of H-pyrrole nitrogens is 1. The number of nitrogens with zero attached hydrogens (tertiary/aromatic N) is 3. The van der Waals surface area contributed by atoms with Crippen LogP contribution >= 0.6 is 0 Å². The zero-order chi connectivity index (χ0) is 21.1. The number of carbonyl (C=O) groups excluding carboxylic acids is 1. The average molecular weight is 408 g/mol. The Morgan fingerprint density at radius 2 is 1.90 bits per heavy atom. The molecule has 0 saturated carbocycles. The molecule has 8 nitrogen and oxygen atoms in total. The van der Waals surface area contributed by atoms with E-state index in [0.29, 0.717) is 18.0 Å². The molecule has 1 aliphatic rings. The van der Waals surface area contributed by atoms with Gasteiger partial charge in [0.1, 0.15) is 17.5 Å². The van der Waals surface area contributed by atoms with E-state index in [4.69, 9.17) is 14.2 Å². The summed E-state index contributed by atoms with van der Waals surface area (Å²) in [5.74, 6) is 0.625. The summed E-state index contributed by atoms with van der Waals surface area (Å²) in [6, 6.07) is 12.9. The maximum absolute atomic E-state index is 13.2. The molecule has 0 spiro atoms. The lowest BCUT2D eigenvalue weighted by atomic mass is 9.99. The van der Waals surface area contributed by atoms with Crippen molar-refractivity contribution in [2.24, 2.45) is 0 Å². The van der Waals surface area contributed by atoms with Crippen LogP contribution in [0.2, 0.25) is 0 Å². The third-order valence-corrected chi connectivity index (χ3v) is 5.14. The Morgan fingerprint density at radius 3 is 2.53 bits per heavy atom. The normalized spacial score (nSPS) is 15.7. The standard InChI is InChI=1S/C22H24N4O4/c1-4-30-15-10-8-14(9-11-15)19-18-20(25-24-19)22(27)26(13-17(28-2)29-3)21(18)16-7-5-6-12-23-16/h5-12,17,21H,4,13H2,1-3H3,(H,24,25). The molecule has 0 saturated heterocycles. The molecular formula is C22H24N4O4. The van der Waals surface area contributed by atoms with Crippen LogP contribution in [-0.4, -0.2) is 59.6 Å². The van der Waals surface area contributed by atoms with Crippen LogP contribution in [0.1, 0.15) is 34.7 Å². The molecule has 1 amide bonds. The van der Waals surface area contributed by atoms with Crippen molar-refractivity contribution >= 4 is 5.91 Å². The maximum atomic E-state index is 13.2. The summed E-state index contributed by atoms with van der Waals surface area (Å²) in [5.41, 5.74) is 3.62. The monoisotopic (exact) mass is 408 g/mol. The highest BCUT2D eigenvalue weighted by Gasteiger charge is 2.43. The molecule has 156 valence electrons. The molecule has 30 heavy (non-hydrogen) atoms. The lowest BCUT2D eigenvalue weighted by molar-refractivity contribution is -0.113. The zero-order valence-corrected chi connectivity index (χ0v) is 17.2. The van der Waals surface area contributed by atoms with Gasteiger partial charge >= 0.3 is 0 Å². The SMILES string of the molecule is CCOc1ccc(-c2n[nH]c3c2C(c2ccccn2)N(CC(OC)OC)C3=O)cc1. The van der Waals surface area contributed by atoms with Gasteiger partial charge in [0.05, 0.1) is 24.5 Å². The number of carbonyl (C=O) groups is 1. The van der Waals surface area contributed by atoms with Crippen LogP contribution < -0.4 is 4.74 Å². The van der Waals surface area contributed by atoms with E-state index in [-0.39, 0.29) is 12.5 Å². The Hall–Kier alpha value is -3.23. The minimum Gasteiger partial charge on any atom is -0.494 e. The van der Waals surface area contributed by atoms with E-state index < -0.39 is 12.3 Å². The van der Waals surface area contributed by atoms with Gasteiger partial charge in [-0.05, 0) is 43.3 Å². The summed E-state index contributed by atoms with van der Waals surface area (Å²) in [5, 5.41) is 7.39. The number of aromatic amines is 1. The first-order valence-corrected chi connectivity index (χ1v) is 9.76. The van der Waals surface area contributed by atoms with Crippen molar-refractivity contribution in [3.8, 4) is 17.0 Å². The van der Waals surface area contributed by atoms with Crippen molar-refractivity contribution in [3.05, 3.63) is 65.6 Å². The topological polar surface area (TPSA) is 89.6 Å². The number of hydrogen-bond acceptors (Lipinski definition) is 6. The fourth-order valence-electron chi connectivity index (χ4n) is 3.73. The second-order valence-corrected chi connectivity index (χ2v) is 6.83. The highest BCUT2D eigenvalue weighted by atomic mass is 16.7. The molecule has 4 rings (SSSR count). The first kappa shape index (κ1) is 20.1. The molecule has 0 radical (unpaired) electrons. The Labute approximate surface area is 174 Å². The second kappa shape index (κ2) is 8.64. The van der Waals surface area contributed by atoms with E-state index in [1.54, 1.807) is 25.3 Å². The second-order valence-electron chi connectivity index (χ2n) is 6.83. The van der Waals surface area contributed by atoms with Crippen molar-refractivity contribution in [1.82, 2.24) is 20.1 Å². The minimum absolute atomic E-state index is 0.163. The molecular weight excluding hydrogens is 384 g/mol. The molecule has 3 aromatic rings. The van der Waals surface area contributed by atoms with Crippen molar-refractivity contribution in [2.45, 2.75) is 19.3 Å². The van der Waals surface area contributed by atoms with Gasteiger partial charge in [0, 0.05) is 31.5 Å². The summed E-state index contributed by atoms with van der Waals surface area (Å²) >= 11 is 0. The third-order valence-electron chi connectivity index (χ3n) is 5.14. The van der Waals surface area contributed by atoms with E-state index in [9.17, 15) is 4.79 Å².